The van der Waals surface area contributed by atoms with Crippen LogP contribution in [0.5, 0.6) is 0 Å². The topological polar surface area (TPSA) is 54.2 Å². The normalized spacial score (nSPS) is 11.5. The molecular weight excluding hydrogens is 325 g/mol. The number of nitrogens with one attached hydrogen (secondary N) is 2. The van der Waals surface area contributed by atoms with Crippen LogP contribution < -0.4 is 10.6 Å². The van der Waals surface area contributed by atoms with E-state index in [2.05, 4.69) is 20.7 Å². The van der Waals surface area contributed by atoms with Gasteiger partial charge in [0.05, 0.1) is 0 Å². The number of aromatic nitrogens is 2. The van der Waals surface area contributed by atoms with Gasteiger partial charge in [0.1, 0.15) is 5.82 Å². The molecule has 0 fully saturated rings. The van der Waals surface area contributed by atoms with Crippen LogP contribution in [0, 0.1) is 5.82 Å². The molecule has 0 bridgehead atoms. The molecule has 2 N–H and O–H groups in total. The average molecular weight is 349 g/mol. The summed E-state index contributed by atoms with van der Waals surface area (Å²) in [6.45, 7) is 2.51. The summed E-state index contributed by atoms with van der Waals surface area (Å²) in [4.78, 5) is 4.20. The highest BCUT2D eigenvalue weighted by molar-refractivity contribution is 7.98. The Morgan fingerprint density at radius 3 is 2.83 bits per heavy atom. The van der Waals surface area contributed by atoms with E-state index in [1.807, 2.05) is 29.1 Å². The first-order valence-electron chi connectivity index (χ1n) is 8.02. The minimum atomic E-state index is -0.132. The van der Waals surface area contributed by atoms with Gasteiger partial charge < -0.3 is 10.6 Å². The fourth-order valence-electron chi connectivity index (χ4n) is 2.14. The highest BCUT2D eigenvalue weighted by Crippen LogP contribution is 2.14. The first-order valence-corrected chi connectivity index (χ1v) is 9.18. The second-order valence-corrected chi connectivity index (χ2v) is 6.30. The summed E-state index contributed by atoms with van der Waals surface area (Å²) in [5, 5.41) is 10.7. The third kappa shape index (κ3) is 6.62. The maximum atomic E-state index is 13.5. The highest BCUT2D eigenvalue weighted by Gasteiger charge is 2.01. The van der Waals surface area contributed by atoms with Gasteiger partial charge in [-0.05, 0) is 24.1 Å². The van der Waals surface area contributed by atoms with E-state index in [9.17, 15) is 4.39 Å². The molecule has 5 nitrogen and oxygen atoms in total. The number of aryl methyl sites for hydroxylation is 1. The molecule has 0 aliphatic carbocycles. The number of hydrogen-bond donors (Lipinski definition) is 2. The van der Waals surface area contributed by atoms with Crippen LogP contribution in [0.2, 0.25) is 0 Å². The summed E-state index contributed by atoms with van der Waals surface area (Å²) >= 11 is 1.70. The Bertz CT molecular complexity index is 615. The molecule has 0 aliphatic heterocycles. The molecule has 0 atom stereocenters. The lowest BCUT2D eigenvalue weighted by molar-refractivity contribution is 0.570. The van der Waals surface area contributed by atoms with E-state index in [4.69, 9.17) is 0 Å². The molecule has 130 valence electrons. The van der Waals surface area contributed by atoms with E-state index < -0.39 is 0 Å². The summed E-state index contributed by atoms with van der Waals surface area (Å²) in [5.74, 6) is 2.24. The van der Waals surface area contributed by atoms with Gasteiger partial charge in [-0.1, -0.05) is 18.2 Å². The lowest BCUT2D eigenvalue weighted by Crippen LogP contribution is -2.39. The van der Waals surface area contributed by atoms with Crippen molar-refractivity contribution in [3.63, 3.8) is 0 Å². The van der Waals surface area contributed by atoms with Crippen molar-refractivity contribution in [2.24, 2.45) is 4.99 Å². The second kappa shape index (κ2) is 10.7. The van der Waals surface area contributed by atoms with Crippen molar-refractivity contribution in [3.8, 4) is 0 Å². The van der Waals surface area contributed by atoms with Crippen molar-refractivity contribution in [1.29, 1.82) is 0 Å². The van der Waals surface area contributed by atoms with Crippen molar-refractivity contribution in [2.45, 2.75) is 18.7 Å². The van der Waals surface area contributed by atoms with E-state index in [0.717, 1.165) is 43.3 Å². The molecule has 0 spiro atoms. The fraction of sp³-hybridized carbons (Fsp3) is 0.412. The maximum absolute atomic E-state index is 13.5. The van der Waals surface area contributed by atoms with Gasteiger partial charge >= 0.3 is 0 Å². The molecular formula is C17H24FN5S. The number of thioether (sulfide) groups is 1. The van der Waals surface area contributed by atoms with Gasteiger partial charge in [0.2, 0.25) is 0 Å². The number of guanidine groups is 1. The monoisotopic (exact) mass is 349 g/mol. The van der Waals surface area contributed by atoms with Crippen molar-refractivity contribution < 1.29 is 4.39 Å². The smallest absolute Gasteiger partial charge is 0.191 e. The van der Waals surface area contributed by atoms with Gasteiger partial charge in [0.25, 0.3) is 0 Å². The lowest BCUT2D eigenvalue weighted by Gasteiger charge is -2.11. The predicted molar refractivity (Wildman–Crippen MR) is 98.8 cm³/mol. The molecule has 0 saturated heterocycles. The largest absolute Gasteiger partial charge is 0.356 e. The van der Waals surface area contributed by atoms with Gasteiger partial charge in [0, 0.05) is 50.6 Å². The zero-order valence-electron chi connectivity index (χ0n) is 13.9. The molecule has 0 aliphatic rings. The van der Waals surface area contributed by atoms with Crippen molar-refractivity contribution in [1.82, 2.24) is 20.4 Å². The zero-order chi connectivity index (χ0) is 17.0. The van der Waals surface area contributed by atoms with E-state index >= 15 is 0 Å². The minimum absolute atomic E-state index is 0.132. The summed E-state index contributed by atoms with van der Waals surface area (Å²) < 4.78 is 15.4. The third-order valence-electron chi connectivity index (χ3n) is 3.39. The Kier molecular flexibility index (Phi) is 8.17. The van der Waals surface area contributed by atoms with Crippen LogP contribution in [-0.4, -0.2) is 41.6 Å². The van der Waals surface area contributed by atoms with Crippen LogP contribution in [0.1, 0.15) is 12.0 Å². The average Bonchev–Trinajstić information content (AvgIpc) is 3.11. The summed E-state index contributed by atoms with van der Waals surface area (Å²) in [5.41, 5.74) is 0.753. The van der Waals surface area contributed by atoms with E-state index in [0.29, 0.717) is 5.75 Å². The van der Waals surface area contributed by atoms with Gasteiger partial charge in [-0.3, -0.25) is 9.67 Å². The van der Waals surface area contributed by atoms with Crippen LogP contribution in [0.15, 0.2) is 47.7 Å². The molecule has 2 rings (SSSR count). The second-order valence-electron chi connectivity index (χ2n) is 5.19. The number of benzene rings is 1. The van der Waals surface area contributed by atoms with Crippen LogP contribution in [0.25, 0.3) is 0 Å². The highest BCUT2D eigenvalue weighted by atomic mass is 32.2. The summed E-state index contributed by atoms with van der Waals surface area (Å²) in [6.07, 6.45) is 4.72. The molecule has 0 unspecified atom stereocenters. The van der Waals surface area contributed by atoms with Gasteiger partial charge in [-0.15, -0.1) is 0 Å². The number of halogens is 1. The van der Waals surface area contributed by atoms with Crippen LogP contribution in [-0.2, 0) is 12.3 Å². The quantitative estimate of drug-likeness (QED) is 0.415. The zero-order valence-corrected chi connectivity index (χ0v) is 14.7. The van der Waals surface area contributed by atoms with Crippen molar-refractivity contribution in [2.75, 3.05) is 25.9 Å². The Labute approximate surface area is 146 Å². The molecule has 2 aromatic rings. The van der Waals surface area contributed by atoms with Gasteiger partial charge in [-0.2, -0.15) is 16.9 Å². The number of aliphatic imine (C=N–C) groups is 1. The Morgan fingerprint density at radius 1 is 1.25 bits per heavy atom. The van der Waals surface area contributed by atoms with E-state index in [-0.39, 0.29) is 5.82 Å². The minimum Gasteiger partial charge on any atom is -0.356 e. The molecule has 0 amide bonds. The number of hydrogen-bond acceptors (Lipinski definition) is 3. The molecule has 1 aromatic carbocycles. The first kappa shape index (κ1) is 18.3. The molecule has 0 radical (unpaired) electrons. The Balaban J connectivity index is 1.54. The molecule has 1 aromatic heterocycles. The lowest BCUT2D eigenvalue weighted by atomic mass is 10.2. The van der Waals surface area contributed by atoms with Gasteiger partial charge in [0.15, 0.2) is 5.96 Å². The Hall–Kier alpha value is -2.02. The predicted octanol–water partition coefficient (Wildman–Crippen LogP) is 2.51. The molecule has 24 heavy (non-hydrogen) atoms. The molecule has 0 saturated carbocycles. The van der Waals surface area contributed by atoms with Crippen molar-refractivity contribution >= 4 is 17.7 Å². The fourth-order valence-corrected chi connectivity index (χ4v) is 2.99. The summed E-state index contributed by atoms with van der Waals surface area (Å²) in [6, 6.07) is 8.84. The summed E-state index contributed by atoms with van der Waals surface area (Å²) in [7, 11) is 1.76. The van der Waals surface area contributed by atoms with Gasteiger partial charge in [-0.25, -0.2) is 4.39 Å². The molecule has 7 heteroatoms. The number of rotatable bonds is 9. The number of nitrogens with zero attached hydrogens (tertiary/aromatic N) is 3. The van der Waals surface area contributed by atoms with Crippen LogP contribution >= 0.6 is 11.8 Å². The Morgan fingerprint density at radius 2 is 2.08 bits per heavy atom. The first-order chi connectivity index (χ1) is 11.8. The van der Waals surface area contributed by atoms with Crippen LogP contribution in [0.3, 0.4) is 0 Å². The van der Waals surface area contributed by atoms with Crippen molar-refractivity contribution in [3.05, 3.63) is 54.1 Å². The third-order valence-corrected chi connectivity index (χ3v) is 4.40. The van der Waals surface area contributed by atoms with Crippen LogP contribution in [0.4, 0.5) is 4.39 Å². The molecule has 1 heterocycles. The standard InChI is InChI=1S/C17H24FN5S/c1-19-17(20-8-4-11-23-12-5-9-22-23)21-10-13-24-14-15-6-2-3-7-16(15)18/h2-3,5-7,9,12H,4,8,10-11,13-14H2,1H3,(H2,19,20,21). The van der Waals surface area contributed by atoms with E-state index in [1.165, 1.54) is 6.07 Å². The van der Waals surface area contributed by atoms with E-state index in [1.54, 1.807) is 31.1 Å². The SMILES string of the molecule is CN=C(NCCCn1cccn1)NCCSCc1ccccc1F. The maximum Gasteiger partial charge on any atom is 0.191 e.